The Kier molecular flexibility index (Phi) is 4.61. The summed E-state index contributed by atoms with van der Waals surface area (Å²) < 4.78 is 0. The zero-order chi connectivity index (χ0) is 18.2. The molecule has 24 heavy (non-hydrogen) atoms. The first kappa shape index (κ1) is 18.2. The predicted molar refractivity (Wildman–Crippen MR) is 79.4 cm³/mol. The van der Waals surface area contributed by atoms with Crippen molar-refractivity contribution >= 4 is 23.9 Å². The number of carboxylic acid groups (broad SMARTS) is 4. The van der Waals surface area contributed by atoms with Crippen molar-refractivity contribution in [3.63, 3.8) is 0 Å². The lowest BCUT2D eigenvalue weighted by Crippen LogP contribution is -2.68. The molecule has 8 nitrogen and oxygen atoms in total. The van der Waals surface area contributed by atoms with Crippen LogP contribution in [0.5, 0.6) is 0 Å². The van der Waals surface area contributed by atoms with E-state index in [-0.39, 0.29) is 32.1 Å². The van der Waals surface area contributed by atoms with E-state index in [9.17, 15) is 39.6 Å². The van der Waals surface area contributed by atoms with Crippen LogP contribution in [0.3, 0.4) is 0 Å². The van der Waals surface area contributed by atoms with E-state index in [4.69, 9.17) is 0 Å². The highest BCUT2D eigenvalue weighted by Gasteiger charge is 2.76. The van der Waals surface area contributed by atoms with Crippen LogP contribution < -0.4 is 0 Å². The smallest absolute Gasteiger partial charge is 0.322 e. The van der Waals surface area contributed by atoms with E-state index >= 15 is 0 Å². The third-order valence-electron chi connectivity index (χ3n) is 6.11. The van der Waals surface area contributed by atoms with E-state index in [1.165, 1.54) is 0 Å². The van der Waals surface area contributed by atoms with Crippen LogP contribution >= 0.6 is 0 Å². The first-order valence-corrected chi connectivity index (χ1v) is 8.13. The molecule has 0 amide bonds. The fraction of sp³-hybridized carbons (Fsp3) is 0.750. The van der Waals surface area contributed by atoms with Crippen molar-refractivity contribution in [1.29, 1.82) is 0 Å². The molecule has 1 unspecified atom stereocenters. The van der Waals surface area contributed by atoms with Crippen molar-refractivity contribution in [3.05, 3.63) is 0 Å². The molecule has 2 fully saturated rings. The highest BCUT2D eigenvalue weighted by Crippen LogP contribution is 2.65. The van der Waals surface area contributed by atoms with Crippen molar-refractivity contribution in [3.8, 4) is 0 Å². The van der Waals surface area contributed by atoms with E-state index in [0.29, 0.717) is 19.3 Å². The van der Waals surface area contributed by atoms with Crippen LogP contribution in [-0.2, 0) is 19.2 Å². The Hall–Kier alpha value is -2.12. The SMILES string of the molecule is O=C(O)C1(C2(C(=O)O)CCCCC2(C(=O)O)C(=O)O)CCCCC1. The maximum absolute atomic E-state index is 12.3. The quantitative estimate of drug-likeness (QED) is 0.553. The predicted octanol–water partition coefficient (Wildman–Crippen LogP) is 1.82. The number of hydrogen-bond acceptors (Lipinski definition) is 4. The van der Waals surface area contributed by atoms with Gasteiger partial charge in [-0.15, -0.1) is 0 Å². The van der Waals surface area contributed by atoms with Crippen LogP contribution in [0.1, 0.15) is 57.8 Å². The lowest BCUT2D eigenvalue weighted by atomic mass is 9.42. The number of carbonyl (C=O) groups is 4. The molecule has 0 heterocycles. The molecule has 0 aromatic heterocycles. The molecule has 2 aliphatic carbocycles. The summed E-state index contributed by atoms with van der Waals surface area (Å²) in [5.41, 5.74) is -6.87. The second kappa shape index (κ2) is 6.07. The van der Waals surface area contributed by atoms with Crippen molar-refractivity contribution in [2.24, 2.45) is 16.2 Å². The van der Waals surface area contributed by atoms with Crippen LogP contribution in [0, 0.1) is 16.2 Å². The van der Waals surface area contributed by atoms with Gasteiger partial charge in [-0.25, -0.2) is 0 Å². The Labute approximate surface area is 138 Å². The van der Waals surface area contributed by atoms with Crippen LogP contribution in [0.25, 0.3) is 0 Å². The molecular weight excluding hydrogens is 320 g/mol. The van der Waals surface area contributed by atoms with Crippen LogP contribution in [0.15, 0.2) is 0 Å². The maximum Gasteiger partial charge on any atom is 0.322 e. The Balaban J connectivity index is 2.84. The molecule has 4 N–H and O–H groups in total. The minimum atomic E-state index is -2.63. The van der Waals surface area contributed by atoms with Crippen molar-refractivity contribution in [2.45, 2.75) is 57.8 Å². The highest BCUT2D eigenvalue weighted by atomic mass is 16.4. The summed E-state index contributed by atoms with van der Waals surface area (Å²) in [5.74, 6) is -6.55. The monoisotopic (exact) mass is 342 g/mol. The van der Waals surface area contributed by atoms with Gasteiger partial charge in [0.25, 0.3) is 0 Å². The summed E-state index contributed by atoms with van der Waals surface area (Å²) in [6, 6.07) is 0. The van der Waals surface area contributed by atoms with Crippen molar-refractivity contribution < 1.29 is 39.6 Å². The van der Waals surface area contributed by atoms with Gasteiger partial charge in [-0.3, -0.25) is 19.2 Å². The first-order chi connectivity index (χ1) is 11.2. The molecule has 0 saturated heterocycles. The molecule has 0 aliphatic heterocycles. The van der Waals surface area contributed by atoms with Gasteiger partial charge in [0, 0.05) is 0 Å². The molecule has 2 rings (SSSR count). The third kappa shape index (κ3) is 2.04. The molecule has 1 atom stereocenters. The van der Waals surface area contributed by atoms with Gasteiger partial charge in [0.05, 0.1) is 5.41 Å². The van der Waals surface area contributed by atoms with Gasteiger partial charge in [-0.2, -0.15) is 0 Å². The molecule has 8 heteroatoms. The summed E-state index contributed by atoms with van der Waals surface area (Å²) in [6.07, 6.45) is 1.47. The van der Waals surface area contributed by atoms with Gasteiger partial charge in [0.15, 0.2) is 5.41 Å². The third-order valence-corrected chi connectivity index (χ3v) is 6.11. The molecule has 2 aliphatic rings. The van der Waals surface area contributed by atoms with E-state index in [1.807, 2.05) is 0 Å². The summed E-state index contributed by atoms with van der Waals surface area (Å²) in [5, 5.41) is 39.4. The highest BCUT2D eigenvalue weighted by molar-refractivity contribution is 6.06. The Morgan fingerprint density at radius 1 is 0.542 bits per heavy atom. The van der Waals surface area contributed by atoms with Crippen LogP contribution in [-0.4, -0.2) is 44.3 Å². The lowest BCUT2D eigenvalue weighted by Gasteiger charge is -2.55. The molecule has 0 aromatic rings. The minimum absolute atomic E-state index is 0.0169. The zero-order valence-electron chi connectivity index (χ0n) is 13.3. The second-order valence-corrected chi connectivity index (χ2v) is 6.88. The van der Waals surface area contributed by atoms with E-state index < -0.39 is 40.1 Å². The molecule has 0 radical (unpaired) electrons. The van der Waals surface area contributed by atoms with Gasteiger partial charge >= 0.3 is 23.9 Å². The van der Waals surface area contributed by atoms with Gasteiger partial charge in [0.1, 0.15) is 5.41 Å². The second-order valence-electron chi connectivity index (χ2n) is 6.88. The summed E-state index contributed by atoms with van der Waals surface area (Å²) in [4.78, 5) is 48.5. The number of rotatable bonds is 5. The molecule has 2 saturated carbocycles. The summed E-state index contributed by atoms with van der Waals surface area (Å²) in [7, 11) is 0. The number of aliphatic carboxylic acids is 4. The first-order valence-electron chi connectivity index (χ1n) is 8.13. The van der Waals surface area contributed by atoms with Gasteiger partial charge in [-0.05, 0) is 25.7 Å². The number of carboxylic acids is 4. The fourth-order valence-corrected chi connectivity index (χ4v) is 5.00. The van der Waals surface area contributed by atoms with Crippen molar-refractivity contribution in [1.82, 2.24) is 0 Å². The van der Waals surface area contributed by atoms with E-state index in [2.05, 4.69) is 0 Å². The van der Waals surface area contributed by atoms with E-state index in [1.54, 1.807) is 0 Å². The van der Waals surface area contributed by atoms with Crippen LogP contribution in [0.4, 0.5) is 0 Å². The Bertz CT molecular complexity index is 561. The summed E-state index contributed by atoms with van der Waals surface area (Å²) in [6.45, 7) is 0. The zero-order valence-corrected chi connectivity index (χ0v) is 13.3. The number of hydrogen-bond donors (Lipinski definition) is 4. The largest absolute Gasteiger partial charge is 0.481 e. The van der Waals surface area contributed by atoms with Crippen LogP contribution in [0.2, 0.25) is 0 Å². The molecule has 134 valence electrons. The average molecular weight is 342 g/mol. The van der Waals surface area contributed by atoms with Gasteiger partial charge in [0.2, 0.25) is 0 Å². The fourth-order valence-electron chi connectivity index (χ4n) is 5.00. The Morgan fingerprint density at radius 3 is 1.42 bits per heavy atom. The van der Waals surface area contributed by atoms with Crippen molar-refractivity contribution in [2.75, 3.05) is 0 Å². The van der Waals surface area contributed by atoms with Gasteiger partial charge in [-0.1, -0.05) is 32.1 Å². The molecule has 0 spiro atoms. The standard InChI is InChI=1S/C16H22O8/c17-10(18)14(6-2-1-3-7-14)16(13(23)24)9-5-4-8-15(16,11(19)20)12(21)22/h1-9H2,(H,17,18)(H,19,20)(H,21,22)(H,23,24). The molecule has 0 aromatic carbocycles. The topological polar surface area (TPSA) is 149 Å². The summed E-state index contributed by atoms with van der Waals surface area (Å²) >= 11 is 0. The molecular formula is C16H22O8. The minimum Gasteiger partial charge on any atom is -0.481 e. The molecule has 0 bridgehead atoms. The van der Waals surface area contributed by atoms with Gasteiger partial charge < -0.3 is 20.4 Å². The van der Waals surface area contributed by atoms with E-state index in [0.717, 1.165) is 6.42 Å². The lowest BCUT2D eigenvalue weighted by molar-refractivity contribution is -0.216. The normalized spacial score (nSPS) is 28.7. The maximum atomic E-state index is 12.3. The average Bonchev–Trinajstić information content (AvgIpc) is 2.54. The Morgan fingerprint density at radius 2 is 1.00 bits per heavy atom.